The van der Waals surface area contributed by atoms with Crippen molar-refractivity contribution in [1.82, 2.24) is 0 Å². The van der Waals surface area contributed by atoms with Gasteiger partial charge in [-0.3, -0.25) is 4.79 Å². The molecule has 0 saturated carbocycles. The summed E-state index contributed by atoms with van der Waals surface area (Å²) >= 11 is 0. The Balaban J connectivity index is 3.13. The summed E-state index contributed by atoms with van der Waals surface area (Å²) in [5, 5.41) is 8.41. The van der Waals surface area contributed by atoms with Crippen LogP contribution in [0.2, 0.25) is 0 Å². The van der Waals surface area contributed by atoms with Crippen LogP contribution in [0.15, 0.2) is 18.2 Å². The van der Waals surface area contributed by atoms with Crippen LogP contribution in [0.25, 0.3) is 0 Å². The first-order valence-corrected chi connectivity index (χ1v) is 2.96. The van der Waals surface area contributed by atoms with Gasteiger partial charge in [-0.05, 0) is 12.1 Å². The van der Waals surface area contributed by atoms with Crippen molar-refractivity contribution in [3.63, 3.8) is 0 Å². The molecule has 0 atom stereocenters. The molecule has 0 fully saturated rings. The number of hydrogen-bond acceptors (Lipinski definition) is 2. The molecule has 1 amide bonds. The molecule has 1 rings (SSSR count). The number of nitrogens with two attached hydrogens (primary N) is 1. The Labute approximate surface area is 64.1 Å². The van der Waals surface area contributed by atoms with Crippen molar-refractivity contribution >= 4 is 5.91 Å². The van der Waals surface area contributed by atoms with Gasteiger partial charge >= 0.3 is 0 Å². The molecule has 1 aromatic carbocycles. The van der Waals surface area contributed by atoms with E-state index in [1.807, 2.05) is 6.07 Å². The summed E-state index contributed by atoms with van der Waals surface area (Å²) in [5.41, 5.74) is 5.52. The van der Waals surface area contributed by atoms with Crippen LogP contribution in [0.1, 0.15) is 15.9 Å². The number of nitriles is 1. The highest BCUT2D eigenvalue weighted by molar-refractivity contribution is 5.92. The lowest BCUT2D eigenvalue weighted by atomic mass is 10.1. The highest BCUT2D eigenvalue weighted by Gasteiger charge is 1.99. The lowest BCUT2D eigenvalue weighted by Crippen LogP contribution is -2.10. The van der Waals surface area contributed by atoms with Crippen LogP contribution >= 0.6 is 0 Å². The maximum Gasteiger partial charge on any atom is 0.249 e. The minimum Gasteiger partial charge on any atom is -0.366 e. The summed E-state index contributed by atoms with van der Waals surface area (Å²) in [6.45, 7) is 0. The molecule has 0 spiro atoms. The molecule has 0 unspecified atom stereocenters. The average Bonchev–Trinajstić information content (AvgIpc) is 2.05. The van der Waals surface area contributed by atoms with E-state index < -0.39 is 5.91 Å². The zero-order chi connectivity index (χ0) is 8.27. The third-order valence-electron chi connectivity index (χ3n) is 1.18. The average molecular weight is 145 g/mol. The van der Waals surface area contributed by atoms with E-state index in [1.165, 1.54) is 6.07 Å². The molecular formula is C8H5N2O. The van der Waals surface area contributed by atoms with E-state index in [9.17, 15) is 4.79 Å². The Hall–Kier alpha value is -1.82. The number of primary amides is 1. The summed E-state index contributed by atoms with van der Waals surface area (Å²) in [6.07, 6.45) is 0. The van der Waals surface area contributed by atoms with Gasteiger partial charge in [0.25, 0.3) is 0 Å². The maximum atomic E-state index is 10.6. The minimum atomic E-state index is -0.568. The third kappa shape index (κ3) is 1.55. The van der Waals surface area contributed by atoms with Gasteiger partial charge < -0.3 is 5.73 Å². The second-order valence-corrected chi connectivity index (χ2v) is 1.95. The molecule has 0 aliphatic carbocycles. The number of hydrogen-bond donors (Lipinski definition) is 1. The van der Waals surface area contributed by atoms with E-state index >= 15 is 0 Å². The summed E-state index contributed by atoms with van der Waals surface area (Å²) < 4.78 is 0. The Bertz CT molecular complexity index is 325. The van der Waals surface area contributed by atoms with Crippen molar-refractivity contribution in [3.05, 3.63) is 35.4 Å². The molecule has 3 nitrogen and oxygen atoms in total. The number of carbonyl (C=O) groups excluding carboxylic acids is 1. The predicted octanol–water partition coefficient (Wildman–Crippen LogP) is 0.457. The van der Waals surface area contributed by atoms with Crippen LogP contribution < -0.4 is 5.73 Å². The van der Waals surface area contributed by atoms with Crippen LogP contribution in [-0.2, 0) is 0 Å². The topological polar surface area (TPSA) is 66.9 Å². The molecule has 0 saturated heterocycles. The van der Waals surface area contributed by atoms with Gasteiger partial charge in [0.1, 0.15) is 0 Å². The van der Waals surface area contributed by atoms with Gasteiger partial charge in [0, 0.05) is 11.6 Å². The summed E-state index contributed by atoms with van der Waals surface area (Å²) in [5.74, 6) is -0.568. The molecule has 0 aliphatic rings. The van der Waals surface area contributed by atoms with Crippen molar-refractivity contribution in [3.8, 4) is 6.07 Å². The van der Waals surface area contributed by atoms with E-state index in [1.54, 1.807) is 12.1 Å². The normalized spacial score (nSPS) is 8.64. The van der Waals surface area contributed by atoms with Gasteiger partial charge in [-0.15, -0.1) is 0 Å². The maximum absolute atomic E-state index is 10.6. The molecule has 2 N–H and O–H groups in total. The van der Waals surface area contributed by atoms with Crippen LogP contribution in [0.5, 0.6) is 0 Å². The second kappa shape index (κ2) is 2.84. The summed E-state index contributed by atoms with van der Waals surface area (Å²) in [6, 6.07) is 9.09. The van der Waals surface area contributed by atoms with Crippen LogP contribution in [-0.4, -0.2) is 5.91 Å². The fraction of sp³-hybridized carbons (Fsp3) is 0. The molecule has 0 aromatic heterocycles. The smallest absolute Gasteiger partial charge is 0.249 e. The fourth-order valence-electron chi connectivity index (χ4n) is 0.678. The van der Waals surface area contributed by atoms with E-state index in [0.717, 1.165) is 0 Å². The number of benzene rings is 1. The van der Waals surface area contributed by atoms with Gasteiger partial charge in [-0.25, -0.2) is 0 Å². The van der Waals surface area contributed by atoms with Crippen molar-refractivity contribution < 1.29 is 4.79 Å². The molecule has 53 valence electrons. The SMILES string of the molecule is N#Cc1[c]c(C(N)=O)ccc1. The fourth-order valence-corrected chi connectivity index (χ4v) is 0.678. The zero-order valence-electron chi connectivity index (χ0n) is 5.66. The monoisotopic (exact) mass is 145 g/mol. The van der Waals surface area contributed by atoms with Crippen LogP contribution in [0.3, 0.4) is 0 Å². The van der Waals surface area contributed by atoms with E-state index in [0.29, 0.717) is 5.56 Å². The second-order valence-electron chi connectivity index (χ2n) is 1.95. The molecular weight excluding hydrogens is 140 g/mol. The Morgan fingerprint density at radius 1 is 1.64 bits per heavy atom. The van der Waals surface area contributed by atoms with Crippen LogP contribution in [0, 0.1) is 17.4 Å². The molecule has 1 radical (unpaired) electrons. The molecule has 0 bridgehead atoms. The van der Waals surface area contributed by atoms with Gasteiger partial charge in [0.2, 0.25) is 5.91 Å². The summed E-state index contributed by atoms with van der Waals surface area (Å²) in [7, 11) is 0. The molecule has 0 aliphatic heterocycles. The number of nitrogens with zero attached hydrogens (tertiary/aromatic N) is 1. The highest BCUT2D eigenvalue weighted by atomic mass is 16.1. The van der Waals surface area contributed by atoms with Gasteiger partial charge in [-0.2, -0.15) is 5.26 Å². The Morgan fingerprint density at radius 3 is 2.91 bits per heavy atom. The Kier molecular flexibility index (Phi) is 1.88. The standard InChI is InChI=1S/C8H5N2O/c9-5-6-2-1-3-7(4-6)8(10)11/h1-3H,(H2,10,11). The van der Waals surface area contributed by atoms with E-state index in [4.69, 9.17) is 11.0 Å². The van der Waals surface area contributed by atoms with E-state index in [-0.39, 0.29) is 5.56 Å². The first kappa shape index (κ1) is 7.29. The number of carbonyl (C=O) groups is 1. The quantitative estimate of drug-likeness (QED) is 0.623. The van der Waals surface area contributed by atoms with Crippen molar-refractivity contribution in [1.29, 1.82) is 5.26 Å². The Morgan fingerprint density at radius 2 is 2.36 bits per heavy atom. The number of amides is 1. The van der Waals surface area contributed by atoms with Crippen molar-refractivity contribution in [2.75, 3.05) is 0 Å². The molecule has 11 heavy (non-hydrogen) atoms. The first-order chi connectivity index (χ1) is 5.24. The number of rotatable bonds is 1. The largest absolute Gasteiger partial charge is 0.366 e. The van der Waals surface area contributed by atoms with E-state index in [2.05, 4.69) is 6.07 Å². The van der Waals surface area contributed by atoms with Gasteiger partial charge in [0.05, 0.1) is 11.6 Å². The third-order valence-corrected chi connectivity index (χ3v) is 1.18. The zero-order valence-corrected chi connectivity index (χ0v) is 5.66. The summed E-state index contributed by atoms with van der Waals surface area (Å²) in [4.78, 5) is 10.6. The predicted molar refractivity (Wildman–Crippen MR) is 38.5 cm³/mol. The lowest BCUT2D eigenvalue weighted by molar-refractivity contribution is 0.1000. The highest BCUT2D eigenvalue weighted by Crippen LogP contribution is 2.01. The van der Waals surface area contributed by atoms with Crippen molar-refractivity contribution in [2.24, 2.45) is 5.73 Å². The van der Waals surface area contributed by atoms with Crippen LogP contribution in [0.4, 0.5) is 0 Å². The van der Waals surface area contributed by atoms with Gasteiger partial charge in [0.15, 0.2) is 0 Å². The minimum absolute atomic E-state index is 0.240. The first-order valence-electron chi connectivity index (χ1n) is 2.96. The lowest BCUT2D eigenvalue weighted by Gasteiger charge is -1.92. The molecule has 0 heterocycles. The van der Waals surface area contributed by atoms with Crippen molar-refractivity contribution in [2.45, 2.75) is 0 Å². The van der Waals surface area contributed by atoms with Gasteiger partial charge in [-0.1, -0.05) is 6.07 Å². The molecule has 3 heteroatoms. The molecule has 1 aromatic rings.